The smallest absolute Gasteiger partial charge is 0.161 e. The number of nitrogens with two attached hydrogens (primary N) is 1. The van der Waals surface area contributed by atoms with Gasteiger partial charge in [0.05, 0.1) is 0 Å². The van der Waals surface area contributed by atoms with E-state index in [0.29, 0.717) is 17.3 Å². The molecule has 18 heavy (non-hydrogen) atoms. The van der Waals surface area contributed by atoms with Crippen LogP contribution in [-0.2, 0) is 0 Å². The quantitative estimate of drug-likeness (QED) is 0.655. The molecule has 2 N–H and O–H groups in total. The zero-order valence-corrected chi connectivity index (χ0v) is 11.3. The second kappa shape index (κ2) is 5.42. The first-order valence-electron chi connectivity index (χ1n) is 6.80. The molecule has 1 aliphatic carbocycles. The number of carbonyl (C=O) groups excluding carboxylic acids is 1. The van der Waals surface area contributed by atoms with Crippen LogP contribution in [0.3, 0.4) is 0 Å². The van der Waals surface area contributed by atoms with E-state index in [4.69, 9.17) is 5.73 Å². The largest absolute Gasteiger partial charge is 0.398 e. The summed E-state index contributed by atoms with van der Waals surface area (Å²) >= 11 is 0. The molecular weight excluding hydrogens is 224 g/mol. The summed E-state index contributed by atoms with van der Waals surface area (Å²) in [5, 5.41) is 0. The number of anilines is 2. The van der Waals surface area contributed by atoms with Crippen molar-refractivity contribution in [3.05, 3.63) is 23.8 Å². The Morgan fingerprint density at radius 3 is 2.61 bits per heavy atom. The second-order valence-corrected chi connectivity index (χ2v) is 5.05. The van der Waals surface area contributed by atoms with Gasteiger partial charge in [0.15, 0.2) is 5.78 Å². The lowest BCUT2D eigenvalue weighted by atomic mass is 10.1. The number of hydrogen-bond acceptors (Lipinski definition) is 3. The summed E-state index contributed by atoms with van der Waals surface area (Å²) < 4.78 is 0. The van der Waals surface area contributed by atoms with Crippen LogP contribution in [0.5, 0.6) is 0 Å². The molecule has 1 aliphatic rings. The fourth-order valence-corrected chi connectivity index (χ4v) is 2.90. The Balaban J connectivity index is 2.30. The predicted molar refractivity (Wildman–Crippen MR) is 76.1 cm³/mol. The van der Waals surface area contributed by atoms with Crippen LogP contribution < -0.4 is 10.6 Å². The van der Waals surface area contributed by atoms with Crippen molar-refractivity contribution in [3.63, 3.8) is 0 Å². The van der Waals surface area contributed by atoms with Gasteiger partial charge in [0.1, 0.15) is 0 Å². The minimum Gasteiger partial charge on any atom is -0.398 e. The third-order valence-electron chi connectivity index (χ3n) is 3.85. The highest BCUT2D eigenvalue weighted by Gasteiger charge is 2.22. The SMILES string of the molecule is CCN(c1ccc(N)c(C(C)=O)c1)C1CCCC1. The number of benzene rings is 1. The lowest BCUT2D eigenvalue weighted by Crippen LogP contribution is -2.33. The number of rotatable bonds is 4. The van der Waals surface area contributed by atoms with Crippen LogP contribution in [0, 0.1) is 0 Å². The fourth-order valence-electron chi connectivity index (χ4n) is 2.90. The van der Waals surface area contributed by atoms with Gasteiger partial charge < -0.3 is 10.6 Å². The van der Waals surface area contributed by atoms with Crippen molar-refractivity contribution in [1.82, 2.24) is 0 Å². The van der Waals surface area contributed by atoms with Gasteiger partial charge in [0.25, 0.3) is 0 Å². The number of carbonyl (C=O) groups is 1. The number of nitrogens with zero attached hydrogens (tertiary/aromatic N) is 1. The minimum atomic E-state index is 0.0387. The standard InChI is InChI=1S/C15H22N2O/c1-3-17(12-6-4-5-7-12)13-8-9-15(16)14(10-13)11(2)18/h8-10,12H,3-7,16H2,1-2H3. The van der Waals surface area contributed by atoms with Crippen molar-refractivity contribution < 1.29 is 4.79 Å². The topological polar surface area (TPSA) is 46.3 Å². The van der Waals surface area contributed by atoms with E-state index in [2.05, 4.69) is 11.8 Å². The first kappa shape index (κ1) is 12.9. The van der Waals surface area contributed by atoms with Crippen LogP contribution in [0.25, 0.3) is 0 Å². The van der Waals surface area contributed by atoms with E-state index >= 15 is 0 Å². The van der Waals surface area contributed by atoms with Gasteiger partial charge in [0.2, 0.25) is 0 Å². The minimum absolute atomic E-state index is 0.0387. The van der Waals surface area contributed by atoms with Crippen LogP contribution >= 0.6 is 0 Å². The molecule has 1 aromatic rings. The van der Waals surface area contributed by atoms with Crippen LogP contribution in [0.1, 0.15) is 49.9 Å². The Bertz CT molecular complexity index is 436. The van der Waals surface area contributed by atoms with E-state index in [9.17, 15) is 4.79 Å². The number of Topliss-reactive ketones (excluding diaryl/α,β-unsaturated/α-hetero) is 1. The molecule has 1 fully saturated rings. The molecule has 0 aromatic heterocycles. The van der Waals surface area contributed by atoms with Gasteiger partial charge in [0, 0.05) is 29.5 Å². The van der Waals surface area contributed by atoms with Gasteiger partial charge in [-0.3, -0.25) is 4.79 Å². The Morgan fingerprint density at radius 1 is 1.39 bits per heavy atom. The molecular formula is C15H22N2O. The molecule has 3 heteroatoms. The maximum absolute atomic E-state index is 11.6. The van der Waals surface area contributed by atoms with Crippen molar-refractivity contribution in [2.45, 2.75) is 45.6 Å². The van der Waals surface area contributed by atoms with Gasteiger partial charge in [-0.25, -0.2) is 0 Å². The van der Waals surface area contributed by atoms with Crippen LogP contribution in [0.4, 0.5) is 11.4 Å². The molecule has 0 bridgehead atoms. The molecule has 0 amide bonds. The number of hydrogen-bond donors (Lipinski definition) is 1. The normalized spacial score (nSPS) is 15.9. The molecule has 0 aliphatic heterocycles. The Labute approximate surface area is 109 Å². The molecule has 2 rings (SSSR count). The predicted octanol–water partition coefficient (Wildman–Crippen LogP) is 3.24. The average molecular weight is 246 g/mol. The maximum Gasteiger partial charge on any atom is 0.161 e. The van der Waals surface area contributed by atoms with Gasteiger partial charge in [-0.05, 0) is 44.9 Å². The number of ketones is 1. The van der Waals surface area contributed by atoms with Gasteiger partial charge >= 0.3 is 0 Å². The first-order valence-corrected chi connectivity index (χ1v) is 6.80. The summed E-state index contributed by atoms with van der Waals surface area (Å²) in [6.07, 6.45) is 5.15. The van der Waals surface area contributed by atoms with Crippen LogP contribution in [0.2, 0.25) is 0 Å². The Kier molecular flexibility index (Phi) is 3.90. The molecule has 0 heterocycles. The van der Waals surface area contributed by atoms with Crippen molar-refractivity contribution in [1.29, 1.82) is 0 Å². The molecule has 1 aromatic carbocycles. The summed E-state index contributed by atoms with van der Waals surface area (Å²) in [6.45, 7) is 4.72. The zero-order chi connectivity index (χ0) is 13.1. The highest BCUT2D eigenvalue weighted by molar-refractivity contribution is 6.00. The fraction of sp³-hybridized carbons (Fsp3) is 0.533. The van der Waals surface area contributed by atoms with Crippen LogP contribution in [-0.4, -0.2) is 18.4 Å². The van der Waals surface area contributed by atoms with E-state index < -0.39 is 0 Å². The van der Waals surface area contributed by atoms with Gasteiger partial charge in [-0.1, -0.05) is 12.8 Å². The van der Waals surface area contributed by atoms with Crippen molar-refractivity contribution in [2.24, 2.45) is 0 Å². The van der Waals surface area contributed by atoms with E-state index in [-0.39, 0.29) is 5.78 Å². The van der Waals surface area contributed by atoms with E-state index in [0.717, 1.165) is 12.2 Å². The van der Waals surface area contributed by atoms with Gasteiger partial charge in [-0.15, -0.1) is 0 Å². The highest BCUT2D eigenvalue weighted by atomic mass is 16.1. The number of nitrogen functional groups attached to an aromatic ring is 1. The monoisotopic (exact) mass is 246 g/mol. The molecule has 1 saturated carbocycles. The van der Waals surface area contributed by atoms with Crippen LogP contribution in [0.15, 0.2) is 18.2 Å². The summed E-state index contributed by atoms with van der Waals surface area (Å²) in [5.41, 5.74) is 8.19. The molecule has 3 nitrogen and oxygen atoms in total. The summed E-state index contributed by atoms with van der Waals surface area (Å²) in [5.74, 6) is 0.0387. The van der Waals surface area contributed by atoms with Gasteiger partial charge in [-0.2, -0.15) is 0 Å². The zero-order valence-electron chi connectivity index (χ0n) is 11.3. The second-order valence-electron chi connectivity index (χ2n) is 5.05. The van der Waals surface area contributed by atoms with Crippen molar-refractivity contribution in [2.75, 3.05) is 17.2 Å². The first-order chi connectivity index (χ1) is 8.63. The average Bonchev–Trinajstić information content (AvgIpc) is 2.85. The lowest BCUT2D eigenvalue weighted by Gasteiger charge is -2.30. The maximum atomic E-state index is 11.6. The third-order valence-corrected chi connectivity index (χ3v) is 3.85. The van der Waals surface area contributed by atoms with Crippen molar-refractivity contribution >= 4 is 17.2 Å². The molecule has 0 spiro atoms. The van der Waals surface area contributed by atoms with E-state index in [1.165, 1.54) is 25.7 Å². The molecule has 98 valence electrons. The van der Waals surface area contributed by atoms with E-state index in [1.54, 1.807) is 6.92 Å². The van der Waals surface area contributed by atoms with Crippen molar-refractivity contribution in [3.8, 4) is 0 Å². The summed E-state index contributed by atoms with van der Waals surface area (Å²) in [4.78, 5) is 14.0. The Hall–Kier alpha value is -1.51. The molecule has 0 radical (unpaired) electrons. The highest BCUT2D eigenvalue weighted by Crippen LogP contribution is 2.29. The lowest BCUT2D eigenvalue weighted by molar-refractivity contribution is 0.101. The summed E-state index contributed by atoms with van der Waals surface area (Å²) in [6, 6.07) is 6.45. The molecule has 0 atom stereocenters. The molecule has 0 unspecified atom stereocenters. The molecule has 0 saturated heterocycles. The Morgan fingerprint density at radius 2 is 2.06 bits per heavy atom. The third kappa shape index (κ3) is 2.50. The summed E-state index contributed by atoms with van der Waals surface area (Å²) in [7, 11) is 0. The van der Waals surface area contributed by atoms with E-state index in [1.807, 2.05) is 18.2 Å².